The lowest BCUT2D eigenvalue weighted by Gasteiger charge is -2.28. The second kappa shape index (κ2) is 6.63. The summed E-state index contributed by atoms with van der Waals surface area (Å²) in [4.78, 5) is 6.41. The van der Waals surface area contributed by atoms with Crippen molar-refractivity contribution in [3.8, 4) is 5.75 Å². The molecule has 2 aromatic heterocycles. The summed E-state index contributed by atoms with van der Waals surface area (Å²) in [6, 6.07) is 14.5. The Morgan fingerprint density at radius 1 is 1.19 bits per heavy atom. The van der Waals surface area contributed by atoms with E-state index >= 15 is 0 Å². The molecule has 1 aliphatic rings. The van der Waals surface area contributed by atoms with Crippen LogP contribution >= 0.6 is 23.8 Å². The highest BCUT2D eigenvalue weighted by Crippen LogP contribution is 2.44. The second-order valence-electron chi connectivity index (χ2n) is 6.17. The zero-order valence-electron chi connectivity index (χ0n) is 14.0. The normalized spacial score (nSPS) is 19.6. The van der Waals surface area contributed by atoms with Gasteiger partial charge in [0.2, 0.25) is 0 Å². The third kappa shape index (κ3) is 2.81. The van der Waals surface area contributed by atoms with Crippen molar-refractivity contribution in [2.45, 2.75) is 12.1 Å². The number of anilines is 1. The number of nitrogens with zero attached hydrogens (tertiary/aromatic N) is 3. The predicted octanol–water partition coefficient (Wildman–Crippen LogP) is 3.96. The summed E-state index contributed by atoms with van der Waals surface area (Å²) < 4.78 is 2.05. The van der Waals surface area contributed by atoms with E-state index in [9.17, 15) is 5.11 Å². The van der Waals surface area contributed by atoms with Gasteiger partial charge in [-0.05, 0) is 54.7 Å². The smallest absolute Gasteiger partial charge is 0.174 e. The van der Waals surface area contributed by atoms with Crippen molar-refractivity contribution in [2.75, 3.05) is 4.90 Å². The summed E-state index contributed by atoms with van der Waals surface area (Å²) in [5, 5.41) is 14.9. The predicted molar refractivity (Wildman–Crippen MR) is 106 cm³/mol. The molecule has 0 bridgehead atoms. The monoisotopic (exact) mass is 384 g/mol. The van der Waals surface area contributed by atoms with Crippen molar-refractivity contribution in [3.63, 3.8) is 0 Å². The second-order valence-corrected chi connectivity index (χ2v) is 7.00. The summed E-state index contributed by atoms with van der Waals surface area (Å²) in [6.45, 7) is 0. The Bertz CT molecular complexity index is 959. The van der Waals surface area contributed by atoms with Crippen LogP contribution in [0.4, 0.5) is 5.69 Å². The molecule has 132 valence electrons. The van der Waals surface area contributed by atoms with Crippen molar-refractivity contribution in [1.82, 2.24) is 14.9 Å². The number of aromatic nitrogens is 2. The van der Waals surface area contributed by atoms with E-state index in [0.717, 1.165) is 11.4 Å². The van der Waals surface area contributed by atoms with Crippen molar-refractivity contribution >= 4 is 34.6 Å². The number of hydrogen-bond donors (Lipinski definition) is 2. The van der Waals surface area contributed by atoms with E-state index in [-0.39, 0.29) is 17.8 Å². The minimum absolute atomic E-state index is 0.124. The maximum absolute atomic E-state index is 10.4. The van der Waals surface area contributed by atoms with Gasteiger partial charge in [0, 0.05) is 30.2 Å². The first-order valence-corrected chi connectivity index (χ1v) is 8.95. The topological polar surface area (TPSA) is 53.3 Å². The van der Waals surface area contributed by atoms with Crippen LogP contribution in [0.2, 0.25) is 5.02 Å². The molecule has 3 heterocycles. The van der Waals surface area contributed by atoms with Gasteiger partial charge in [0.05, 0.1) is 17.4 Å². The Morgan fingerprint density at radius 2 is 2.04 bits per heavy atom. The number of aryl methyl sites for hydroxylation is 1. The highest BCUT2D eigenvalue weighted by Gasteiger charge is 2.42. The lowest BCUT2D eigenvalue weighted by atomic mass is 10.0. The standard InChI is InChI=1S/C19H17ClN4OS/c1-23-10-4-6-14(23)18-17(13-5-2-3-9-21-13)22-19(26)24(18)15-11-12(20)7-8-16(15)25/h2-11,17-18,25H,1H3,(H,22,26)/t17-,18-/m0/s1. The molecule has 1 fully saturated rings. The van der Waals surface area contributed by atoms with Crippen LogP contribution in [0, 0.1) is 0 Å². The largest absolute Gasteiger partial charge is 0.506 e. The number of phenolic OH excluding ortho intramolecular Hbond substituents is 1. The summed E-state index contributed by atoms with van der Waals surface area (Å²) >= 11 is 11.8. The molecule has 1 aromatic carbocycles. The number of rotatable bonds is 3. The van der Waals surface area contributed by atoms with Crippen LogP contribution in [-0.4, -0.2) is 19.8 Å². The number of thiocarbonyl (C=S) groups is 1. The van der Waals surface area contributed by atoms with E-state index in [4.69, 9.17) is 23.8 Å². The number of halogens is 1. The molecule has 3 aromatic rings. The fourth-order valence-electron chi connectivity index (χ4n) is 3.39. The third-order valence-corrected chi connectivity index (χ3v) is 5.13. The van der Waals surface area contributed by atoms with Crippen LogP contribution in [-0.2, 0) is 7.05 Å². The number of pyridine rings is 1. The van der Waals surface area contributed by atoms with Gasteiger partial charge in [0.15, 0.2) is 5.11 Å². The van der Waals surface area contributed by atoms with Gasteiger partial charge >= 0.3 is 0 Å². The molecule has 5 nitrogen and oxygen atoms in total. The van der Waals surface area contributed by atoms with Gasteiger partial charge < -0.3 is 19.9 Å². The first-order chi connectivity index (χ1) is 12.6. The van der Waals surface area contributed by atoms with E-state index < -0.39 is 0 Å². The molecule has 0 spiro atoms. The van der Waals surface area contributed by atoms with E-state index in [2.05, 4.69) is 10.3 Å². The van der Waals surface area contributed by atoms with Crippen molar-refractivity contribution in [1.29, 1.82) is 0 Å². The average molecular weight is 385 g/mol. The highest BCUT2D eigenvalue weighted by atomic mass is 35.5. The van der Waals surface area contributed by atoms with Crippen molar-refractivity contribution < 1.29 is 5.11 Å². The van der Waals surface area contributed by atoms with Crippen LogP contribution in [0.3, 0.4) is 0 Å². The molecule has 1 aliphatic heterocycles. The molecular formula is C19H17ClN4OS. The van der Waals surface area contributed by atoms with E-state index in [1.54, 1.807) is 24.4 Å². The van der Waals surface area contributed by atoms with Crippen molar-refractivity contribution in [2.24, 2.45) is 7.05 Å². The summed E-state index contributed by atoms with van der Waals surface area (Å²) in [5.41, 5.74) is 2.50. The molecule has 26 heavy (non-hydrogen) atoms. The van der Waals surface area contributed by atoms with Crippen LogP contribution in [0.15, 0.2) is 60.9 Å². The maximum Gasteiger partial charge on any atom is 0.174 e. The Hall–Kier alpha value is -2.57. The first-order valence-electron chi connectivity index (χ1n) is 8.16. The first kappa shape index (κ1) is 16.9. The number of hydrogen-bond acceptors (Lipinski definition) is 3. The van der Waals surface area contributed by atoms with Gasteiger partial charge in [-0.15, -0.1) is 0 Å². The van der Waals surface area contributed by atoms with Crippen LogP contribution in [0.5, 0.6) is 5.75 Å². The molecule has 1 saturated heterocycles. The van der Waals surface area contributed by atoms with Gasteiger partial charge in [-0.25, -0.2) is 0 Å². The Kier molecular flexibility index (Phi) is 4.30. The molecule has 0 aliphatic carbocycles. The number of phenols is 1. The fourth-order valence-corrected chi connectivity index (χ4v) is 3.89. The van der Waals surface area contributed by atoms with E-state index in [1.807, 2.05) is 53.0 Å². The Morgan fingerprint density at radius 3 is 2.73 bits per heavy atom. The molecular weight excluding hydrogens is 368 g/mol. The highest BCUT2D eigenvalue weighted by molar-refractivity contribution is 7.80. The molecule has 4 rings (SSSR count). The molecule has 2 atom stereocenters. The number of benzene rings is 1. The van der Waals surface area contributed by atoms with Crippen molar-refractivity contribution in [3.05, 3.63) is 77.3 Å². The molecule has 0 saturated carbocycles. The average Bonchev–Trinajstić information content (AvgIpc) is 3.20. The van der Waals surface area contributed by atoms with Crippen LogP contribution < -0.4 is 10.2 Å². The SMILES string of the molecule is Cn1cccc1[C@H]1[C@H](c2ccccn2)NC(=S)N1c1cc(Cl)ccc1O. The minimum atomic E-state index is -0.179. The van der Waals surface area contributed by atoms with E-state index in [1.165, 1.54) is 0 Å². The fraction of sp³-hybridized carbons (Fsp3) is 0.158. The van der Waals surface area contributed by atoms with Gasteiger partial charge in [0.25, 0.3) is 0 Å². The number of nitrogens with one attached hydrogen (secondary N) is 1. The van der Waals surface area contributed by atoms with Gasteiger partial charge in [-0.3, -0.25) is 4.98 Å². The Labute approximate surface area is 161 Å². The lowest BCUT2D eigenvalue weighted by Crippen LogP contribution is -2.30. The molecule has 7 heteroatoms. The van der Waals surface area contributed by atoms with Gasteiger partial charge in [-0.2, -0.15) is 0 Å². The van der Waals surface area contributed by atoms with Crippen LogP contribution in [0.25, 0.3) is 0 Å². The van der Waals surface area contributed by atoms with Gasteiger partial charge in [0.1, 0.15) is 11.8 Å². The Balaban J connectivity index is 1.88. The zero-order chi connectivity index (χ0) is 18.3. The van der Waals surface area contributed by atoms with E-state index in [0.29, 0.717) is 15.8 Å². The third-order valence-electron chi connectivity index (χ3n) is 4.58. The van der Waals surface area contributed by atoms with Crippen LogP contribution in [0.1, 0.15) is 23.5 Å². The molecule has 0 unspecified atom stereocenters. The lowest BCUT2D eigenvalue weighted by molar-refractivity contribution is 0.471. The number of aromatic hydroxyl groups is 1. The zero-order valence-corrected chi connectivity index (χ0v) is 15.6. The summed E-state index contributed by atoms with van der Waals surface area (Å²) in [7, 11) is 1.99. The molecule has 2 N–H and O–H groups in total. The quantitative estimate of drug-likeness (QED) is 0.669. The summed E-state index contributed by atoms with van der Waals surface area (Å²) in [6.07, 6.45) is 3.75. The molecule has 0 amide bonds. The molecule has 0 radical (unpaired) electrons. The van der Waals surface area contributed by atoms with Gasteiger partial charge in [-0.1, -0.05) is 17.7 Å². The minimum Gasteiger partial charge on any atom is -0.506 e. The maximum atomic E-state index is 10.4. The summed E-state index contributed by atoms with van der Waals surface area (Å²) in [5.74, 6) is 0.124.